The van der Waals surface area contributed by atoms with Gasteiger partial charge in [0, 0.05) is 5.41 Å². The molecule has 0 spiro atoms. The molecular weight excluding hydrogens is 276 g/mol. The SMILES string of the molecule is C=CC(C=C)(CCCCC)c1cccc2c1Cc1ccccc1-2. The summed E-state index contributed by atoms with van der Waals surface area (Å²) in [6.45, 7) is 10.6. The first-order valence-corrected chi connectivity index (χ1v) is 8.73. The van der Waals surface area contributed by atoms with Crippen molar-refractivity contribution in [1.29, 1.82) is 0 Å². The smallest absolute Gasteiger partial charge is 0.0309 e. The van der Waals surface area contributed by atoms with Crippen molar-refractivity contribution in [3.05, 3.63) is 84.5 Å². The molecule has 0 fully saturated rings. The summed E-state index contributed by atoms with van der Waals surface area (Å²) in [6, 6.07) is 15.5. The number of hydrogen-bond donors (Lipinski definition) is 0. The lowest BCUT2D eigenvalue weighted by Gasteiger charge is -2.30. The van der Waals surface area contributed by atoms with Gasteiger partial charge in [-0.15, -0.1) is 13.2 Å². The molecule has 0 radical (unpaired) electrons. The third-order valence-electron chi connectivity index (χ3n) is 5.27. The van der Waals surface area contributed by atoms with Crippen LogP contribution in [0.25, 0.3) is 11.1 Å². The Kier molecular flexibility index (Phi) is 4.52. The van der Waals surface area contributed by atoms with Crippen LogP contribution in [0.15, 0.2) is 67.8 Å². The van der Waals surface area contributed by atoms with Crippen molar-refractivity contribution in [3.8, 4) is 11.1 Å². The molecule has 23 heavy (non-hydrogen) atoms. The summed E-state index contributed by atoms with van der Waals surface area (Å²) in [5, 5.41) is 0. The molecule has 0 heteroatoms. The fourth-order valence-electron chi connectivity index (χ4n) is 3.90. The molecular formula is C23H26. The van der Waals surface area contributed by atoms with Crippen molar-refractivity contribution >= 4 is 0 Å². The monoisotopic (exact) mass is 302 g/mol. The predicted octanol–water partition coefficient (Wildman–Crippen LogP) is 6.45. The number of unbranched alkanes of at least 4 members (excludes halogenated alkanes) is 2. The molecule has 0 nitrogen and oxygen atoms in total. The zero-order valence-corrected chi connectivity index (χ0v) is 14.1. The summed E-state index contributed by atoms with van der Waals surface area (Å²) in [4.78, 5) is 0. The van der Waals surface area contributed by atoms with Crippen LogP contribution in [-0.2, 0) is 11.8 Å². The van der Waals surface area contributed by atoms with Gasteiger partial charge in [0.1, 0.15) is 0 Å². The first-order chi connectivity index (χ1) is 11.3. The molecule has 0 bridgehead atoms. The van der Waals surface area contributed by atoms with E-state index in [2.05, 4.69) is 74.7 Å². The minimum Gasteiger partial charge on any atom is -0.102 e. The van der Waals surface area contributed by atoms with Gasteiger partial charge in [0.05, 0.1) is 0 Å². The maximum Gasteiger partial charge on any atom is 0.0309 e. The third kappa shape index (κ3) is 2.67. The molecule has 0 atom stereocenters. The largest absolute Gasteiger partial charge is 0.102 e. The van der Waals surface area contributed by atoms with Gasteiger partial charge >= 0.3 is 0 Å². The van der Waals surface area contributed by atoms with E-state index in [0.29, 0.717) is 0 Å². The molecule has 2 aromatic carbocycles. The van der Waals surface area contributed by atoms with Crippen LogP contribution in [0.4, 0.5) is 0 Å². The summed E-state index contributed by atoms with van der Waals surface area (Å²) in [7, 11) is 0. The van der Waals surface area contributed by atoms with E-state index in [-0.39, 0.29) is 5.41 Å². The van der Waals surface area contributed by atoms with E-state index < -0.39 is 0 Å². The van der Waals surface area contributed by atoms with E-state index in [0.717, 1.165) is 12.8 Å². The van der Waals surface area contributed by atoms with E-state index in [1.807, 2.05) is 0 Å². The van der Waals surface area contributed by atoms with Crippen molar-refractivity contribution in [2.75, 3.05) is 0 Å². The van der Waals surface area contributed by atoms with Gasteiger partial charge in [-0.3, -0.25) is 0 Å². The van der Waals surface area contributed by atoms with Crippen LogP contribution in [0.5, 0.6) is 0 Å². The lowest BCUT2D eigenvalue weighted by molar-refractivity contribution is 0.543. The third-order valence-corrected chi connectivity index (χ3v) is 5.27. The Labute approximate surface area is 140 Å². The number of hydrogen-bond acceptors (Lipinski definition) is 0. The van der Waals surface area contributed by atoms with Crippen LogP contribution in [0.2, 0.25) is 0 Å². The molecule has 0 aromatic heterocycles. The van der Waals surface area contributed by atoms with Crippen LogP contribution in [0.1, 0.15) is 49.3 Å². The summed E-state index contributed by atoms with van der Waals surface area (Å²) in [5.41, 5.74) is 6.96. The van der Waals surface area contributed by atoms with Gasteiger partial charge in [-0.2, -0.15) is 0 Å². The Hall–Kier alpha value is -2.08. The van der Waals surface area contributed by atoms with Gasteiger partial charge < -0.3 is 0 Å². The maximum atomic E-state index is 4.16. The Bertz CT molecular complexity index is 713. The highest BCUT2D eigenvalue weighted by atomic mass is 14.3. The van der Waals surface area contributed by atoms with Crippen LogP contribution in [0, 0.1) is 0 Å². The predicted molar refractivity (Wildman–Crippen MR) is 101 cm³/mol. The molecule has 1 aliphatic carbocycles. The molecule has 0 N–H and O–H groups in total. The molecule has 0 unspecified atom stereocenters. The lowest BCUT2D eigenvalue weighted by Crippen LogP contribution is -2.22. The molecule has 2 aromatic rings. The van der Waals surface area contributed by atoms with Gasteiger partial charge in [0.2, 0.25) is 0 Å². The van der Waals surface area contributed by atoms with Crippen LogP contribution in [-0.4, -0.2) is 0 Å². The second-order valence-corrected chi connectivity index (χ2v) is 6.57. The van der Waals surface area contributed by atoms with E-state index >= 15 is 0 Å². The minimum absolute atomic E-state index is 0.109. The summed E-state index contributed by atoms with van der Waals surface area (Å²) in [6.07, 6.45) is 10.1. The van der Waals surface area contributed by atoms with Crippen molar-refractivity contribution in [2.24, 2.45) is 0 Å². The van der Waals surface area contributed by atoms with E-state index in [4.69, 9.17) is 0 Å². The molecule has 3 rings (SSSR count). The van der Waals surface area contributed by atoms with Crippen molar-refractivity contribution < 1.29 is 0 Å². The second kappa shape index (κ2) is 6.58. The Morgan fingerprint density at radius 3 is 2.43 bits per heavy atom. The highest BCUT2D eigenvalue weighted by molar-refractivity contribution is 5.78. The average molecular weight is 302 g/mol. The average Bonchev–Trinajstić information content (AvgIpc) is 2.98. The van der Waals surface area contributed by atoms with E-state index in [1.165, 1.54) is 47.1 Å². The fourth-order valence-corrected chi connectivity index (χ4v) is 3.90. The first kappa shape index (κ1) is 15.8. The molecule has 0 saturated heterocycles. The van der Waals surface area contributed by atoms with Gasteiger partial charge in [0.15, 0.2) is 0 Å². The topological polar surface area (TPSA) is 0 Å². The highest BCUT2D eigenvalue weighted by Gasteiger charge is 2.31. The zero-order valence-electron chi connectivity index (χ0n) is 14.1. The normalized spacial score (nSPS) is 12.6. The Morgan fingerprint density at radius 1 is 0.957 bits per heavy atom. The van der Waals surface area contributed by atoms with Crippen molar-refractivity contribution in [1.82, 2.24) is 0 Å². The number of rotatable bonds is 7. The summed E-state index contributed by atoms with van der Waals surface area (Å²) in [5.74, 6) is 0. The lowest BCUT2D eigenvalue weighted by atomic mass is 9.73. The number of allylic oxidation sites excluding steroid dienone is 2. The first-order valence-electron chi connectivity index (χ1n) is 8.73. The molecule has 0 aliphatic heterocycles. The van der Waals surface area contributed by atoms with E-state index in [9.17, 15) is 0 Å². The molecule has 1 aliphatic rings. The molecule has 118 valence electrons. The second-order valence-electron chi connectivity index (χ2n) is 6.57. The standard InChI is InChI=1S/C23H26/c1-4-7-10-16-23(5-2,6-3)22-15-11-14-20-19-13-9-8-12-18(19)17-21(20)22/h5-6,8-9,11-15H,2-4,7,10,16-17H2,1H3. The highest BCUT2D eigenvalue weighted by Crippen LogP contribution is 2.44. The van der Waals surface area contributed by atoms with Crippen LogP contribution < -0.4 is 0 Å². The number of benzene rings is 2. The molecule has 0 amide bonds. The fraction of sp³-hybridized carbons (Fsp3) is 0.304. The van der Waals surface area contributed by atoms with Crippen molar-refractivity contribution in [2.45, 2.75) is 44.4 Å². The van der Waals surface area contributed by atoms with Gasteiger partial charge in [-0.05, 0) is 40.7 Å². The quantitative estimate of drug-likeness (QED) is 0.347. The van der Waals surface area contributed by atoms with Gasteiger partial charge in [-0.25, -0.2) is 0 Å². The van der Waals surface area contributed by atoms with Gasteiger partial charge in [-0.1, -0.05) is 80.8 Å². The minimum atomic E-state index is -0.109. The summed E-state index contributed by atoms with van der Waals surface area (Å²) >= 11 is 0. The van der Waals surface area contributed by atoms with E-state index in [1.54, 1.807) is 0 Å². The molecule has 0 saturated carbocycles. The zero-order chi connectivity index (χ0) is 16.3. The number of fused-ring (bicyclic) bond motifs is 3. The molecule has 0 heterocycles. The van der Waals surface area contributed by atoms with Crippen LogP contribution in [0.3, 0.4) is 0 Å². The Morgan fingerprint density at radius 2 is 1.70 bits per heavy atom. The summed E-state index contributed by atoms with van der Waals surface area (Å²) < 4.78 is 0. The van der Waals surface area contributed by atoms with Crippen molar-refractivity contribution in [3.63, 3.8) is 0 Å². The maximum absolute atomic E-state index is 4.16. The van der Waals surface area contributed by atoms with Crippen LogP contribution >= 0.6 is 0 Å². The van der Waals surface area contributed by atoms with Gasteiger partial charge in [0.25, 0.3) is 0 Å². The Balaban J connectivity index is 2.06.